The monoisotopic (exact) mass is 257 g/mol. The van der Waals surface area contributed by atoms with Crippen molar-refractivity contribution in [2.75, 3.05) is 18.2 Å². The summed E-state index contributed by atoms with van der Waals surface area (Å²) >= 11 is 0. The van der Waals surface area contributed by atoms with E-state index < -0.39 is 0 Å². The first-order chi connectivity index (χ1) is 9.10. The van der Waals surface area contributed by atoms with Gasteiger partial charge in [0.25, 0.3) is 5.91 Å². The molecule has 0 spiro atoms. The van der Waals surface area contributed by atoms with E-state index in [4.69, 9.17) is 10.5 Å². The Bertz CT molecular complexity index is 611. The number of hydrogen-bond donors (Lipinski definition) is 2. The lowest BCUT2D eigenvalue weighted by atomic mass is 10.2. The normalized spacial score (nSPS) is 10.0. The number of carbonyl (C=O) groups excluding carboxylic acids is 1. The maximum atomic E-state index is 12.1. The van der Waals surface area contributed by atoms with Gasteiger partial charge >= 0.3 is 0 Å². The largest absolute Gasteiger partial charge is 0.497 e. The molecule has 0 aliphatic carbocycles. The molecule has 0 radical (unpaired) electrons. The minimum Gasteiger partial charge on any atom is -0.497 e. The summed E-state index contributed by atoms with van der Waals surface area (Å²) in [4.78, 5) is 16.2. The van der Waals surface area contributed by atoms with E-state index in [0.717, 1.165) is 5.56 Å². The van der Waals surface area contributed by atoms with Crippen LogP contribution in [0.2, 0.25) is 0 Å². The van der Waals surface area contributed by atoms with Crippen LogP contribution in [0.3, 0.4) is 0 Å². The summed E-state index contributed by atoms with van der Waals surface area (Å²) in [5.74, 6) is 0.899. The second kappa shape index (κ2) is 5.39. The number of amides is 1. The van der Waals surface area contributed by atoms with Gasteiger partial charge in [0.2, 0.25) is 0 Å². The quantitative estimate of drug-likeness (QED) is 0.884. The Kier molecular flexibility index (Phi) is 3.66. The van der Waals surface area contributed by atoms with Crippen LogP contribution < -0.4 is 15.8 Å². The molecule has 2 rings (SSSR count). The van der Waals surface area contributed by atoms with Crippen LogP contribution in [0.15, 0.2) is 36.5 Å². The summed E-state index contributed by atoms with van der Waals surface area (Å²) in [6.45, 7) is 1.84. The Morgan fingerprint density at radius 2 is 2.16 bits per heavy atom. The maximum Gasteiger partial charge on any atom is 0.256 e. The van der Waals surface area contributed by atoms with E-state index in [-0.39, 0.29) is 5.91 Å². The fraction of sp³-hybridized carbons (Fsp3) is 0.143. The lowest BCUT2D eigenvalue weighted by Gasteiger charge is -2.08. The smallest absolute Gasteiger partial charge is 0.256 e. The van der Waals surface area contributed by atoms with Gasteiger partial charge in [-0.3, -0.25) is 4.79 Å². The number of aromatic nitrogens is 1. The average Bonchev–Trinajstić information content (AvgIpc) is 2.42. The molecule has 5 nitrogen and oxygen atoms in total. The molecule has 0 atom stereocenters. The number of rotatable bonds is 3. The van der Waals surface area contributed by atoms with Gasteiger partial charge in [0.1, 0.15) is 11.6 Å². The summed E-state index contributed by atoms with van der Waals surface area (Å²) in [5, 5.41) is 2.74. The van der Waals surface area contributed by atoms with Crippen LogP contribution in [0.5, 0.6) is 5.75 Å². The molecule has 1 heterocycles. The molecule has 2 aromatic rings. The predicted molar refractivity (Wildman–Crippen MR) is 74.3 cm³/mol. The third-order valence-electron chi connectivity index (χ3n) is 2.66. The number of anilines is 2. The third-order valence-corrected chi connectivity index (χ3v) is 2.66. The minimum absolute atomic E-state index is 0.237. The maximum absolute atomic E-state index is 12.1. The number of nitrogen functional groups attached to an aromatic ring is 1. The third kappa shape index (κ3) is 3.01. The van der Waals surface area contributed by atoms with Crippen LogP contribution >= 0.6 is 0 Å². The fourth-order valence-corrected chi connectivity index (χ4v) is 1.67. The van der Waals surface area contributed by atoms with Crippen molar-refractivity contribution >= 4 is 17.4 Å². The Hall–Kier alpha value is -2.56. The summed E-state index contributed by atoms with van der Waals surface area (Å²) < 4.78 is 5.08. The van der Waals surface area contributed by atoms with Gasteiger partial charge in [0, 0.05) is 5.56 Å². The second-order valence-electron chi connectivity index (χ2n) is 4.12. The lowest BCUT2D eigenvalue weighted by Crippen LogP contribution is -2.14. The number of carbonyl (C=O) groups is 1. The van der Waals surface area contributed by atoms with Crippen molar-refractivity contribution < 1.29 is 9.53 Å². The summed E-state index contributed by atoms with van der Waals surface area (Å²) in [6.07, 6.45) is 1.51. The molecule has 1 amide bonds. The zero-order chi connectivity index (χ0) is 13.8. The highest BCUT2D eigenvalue weighted by Crippen LogP contribution is 2.17. The van der Waals surface area contributed by atoms with Crippen molar-refractivity contribution in [1.29, 1.82) is 0 Å². The molecule has 0 saturated heterocycles. The molecule has 0 saturated carbocycles. The first-order valence-corrected chi connectivity index (χ1v) is 5.77. The Labute approximate surface area is 111 Å². The van der Waals surface area contributed by atoms with E-state index in [9.17, 15) is 4.79 Å². The van der Waals surface area contributed by atoms with E-state index in [0.29, 0.717) is 22.8 Å². The molecule has 5 heteroatoms. The molecule has 0 fully saturated rings. The molecule has 98 valence electrons. The van der Waals surface area contributed by atoms with E-state index in [1.54, 1.807) is 37.4 Å². The molecule has 1 aromatic carbocycles. The number of nitrogens with zero attached hydrogens (tertiary/aromatic N) is 1. The van der Waals surface area contributed by atoms with E-state index >= 15 is 0 Å². The fourth-order valence-electron chi connectivity index (χ4n) is 1.67. The summed E-state index contributed by atoms with van der Waals surface area (Å²) in [7, 11) is 1.56. The number of methoxy groups -OCH3 is 1. The molecule has 0 unspecified atom stereocenters. The SMILES string of the molecule is COc1cccc(C(=O)Nc2ncc(N)cc2C)c1. The van der Waals surface area contributed by atoms with Crippen LogP contribution in [-0.2, 0) is 0 Å². The van der Waals surface area contributed by atoms with E-state index in [1.807, 2.05) is 6.92 Å². The first-order valence-electron chi connectivity index (χ1n) is 5.77. The number of pyridine rings is 1. The molecule has 3 N–H and O–H groups in total. The van der Waals surface area contributed by atoms with Gasteiger partial charge in [-0.2, -0.15) is 0 Å². The number of aryl methyl sites for hydroxylation is 1. The van der Waals surface area contributed by atoms with Gasteiger partial charge in [-0.1, -0.05) is 6.07 Å². The van der Waals surface area contributed by atoms with Crippen LogP contribution in [0.4, 0.5) is 11.5 Å². The Morgan fingerprint density at radius 1 is 1.37 bits per heavy atom. The number of nitrogens with one attached hydrogen (secondary N) is 1. The van der Waals surface area contributed by atoms with Crippen LogP contribution in [0.1, 0.15) is 15.9 Å². The lowest BCUT2D eigenvalue weighted by molar-refractivity contribution is 0.102. The number of hydrogen-bond acceptors (Lipinski definition) is 4. The van der Waals surface area contributed by atoms with Gasteiger partial charge in [-0.25, -0.2) is 4.98 Å². The molecular formula is C14H15N3O2. The van der Waals surface area contributed by atoms with Crippen LogP contribution in [0, 0.1) is 6.92 Å². The number of ether oxygens (including phenoxy) is 1. The predicted octanol–water partition coefficient (Wildman–Crippen LogP) is 2.23. The second-order valence-corrected chi connectivity index (χ2v) is 4.12. The van der Waals surface area contributed by atoms with Crippen LogP contribution in [0.25, 0.3) is 0 Å². The molecule has 1 aromatic heterocycles. The van der Waals surface area contributed by atoms with Gasteiger partial charge in [-0.05, 0) is 36.8 Å². The zero-order valence-corrected chi connectivity index (χ0v) is 10.8. The van der Waals surface area contributed by atoms with Gasteiger partial charge in [0.15, 0.2) is 0 Å². The van der Waals surface area contributed by atoms with Gasteiger partial charge < -0.3 is 15.8 Å². The molecule has 0 aliphatic rings. The molecule has 19 heavy (non-hydrogen) atoms. The Balaban J connectivity index is 2.20. The number of benzene rings is 1. The van der Waals surface area contributed by atoms with Crippen molar-refractivity contribution in [1.82, 2.24) is 4.98 Å². The van der Waals surface area contributed by atoms with Crippen molar-refractivity contribution in [3.63, 3.8) is 0 Å². The highest BCUT2D eigenvalue weighted by molar-refractivity contribution is 6.04. The zero-order valence-electron chi connectivity index (χ0n) is 10.8. The highest BCUT2D eigenvalue weighted by Gasteiger charge is 2.09. The van der Waals surface area contributed by atoms with Crippen molar-refractivity contribution in [2.45, 2.75) is 6.92 Å². The van der Waals surface area contributed by atoms with Gasteiger partial charge in [0.05, 0.1) is 19.0 Å². The van der Waals surface area contributed by atoms with Crippen molar-refractivity contribution in [2.24, 2.45) is 0 Å². The topological polar surface area (TPSA) is 77.2 Å². The number of nitrogens with two attached hydrogens (primary N) is 1. The molecule has 0 aliphatic heterocycles. The van der Waals surface area contributed by atoms with Crippen LogP contribution in [-0.4, -0.2) is 18.0 Å². The standard InChI is InChI=1S/C14H15N3O2/c1-9-6-11(15)8-16-13(9)17-14(18)10-4-3-5-12(7-10)19-2/h3-8H,15H2,1-2H3,(H,16,17,18). The first kappa shape index (κ1) is 12.9. The van der Waals surface area contributed by atoms with E-state index in [1.165, 1.54) is 6.20 Å². The van der Waals surface area contributed by atoms with Crippen molar-refractivity contribution in [3.05, 3.63) is 47.7 Å². The minimum atomic E-state index is -0.237. The summed E-state index contributed by atoms with van der Waals surface area (Å²) in [6, 6.07) is 8.68. The van der Waals surface area contributed by atoms with E-state index in [2.05, 4.69) is 10.3 Å². The molecular weight excluding hydrogens is 242 g/mol. The average molecular weight is 257 g/mol. The summed E-state index contributed by atoms with van der Waals surface area (Å²) in [5.41, 5.74) is 7.51. The molecule has 0 bridgehead atoms. The highest BCUT2D eigenvalue weighted by atomic mass is 16.5. The van der Waals surface area contributed by atoms with Gasteiger partial charge in [-0.15, -0.1) is 0 Å². The van der Waals surface area contributed by atoms with Crippen molar-refractivity contribution in [3.8, 4) is 5.75 Å². The Morgan fingerprint density at radius 3 is 2.84 bits per heavy atom.